The number of carbonyl (C=O) groups is 3. The Morgan fingerprint density at radius 3 is 2.36 bits per heavy atom. The van der Waals surface area contributed by atoms with Crippen LogP contribution in [0.2, 0.25) is 0 Å². The highest BCUT2D eigenvalue weighted by atomic mass is 16.2. The highest BCUT2D eigenvalue weighted by Gasteiger charge is 2.32. The lowest BCUT2D eigenvalue weighted by Crippen LogP contribution is -2.54. The number of hydrogen-bond donors (Lipinski definition) is 2. The first kappa shape index (κ1) is 19.7. The summed E-state index contributed by atoms with van der Waals surface area (Å²) in [5.41, 5.74) is 0. The van der Waals surface area contributed by atoms with E-state index >= 15 is 0 Å². The van der Waals surface area contributed by atoms with Crippen LogP contribution in [-0.4, -0.2) is 66.9 Å². The number of urea groups is 1. The minimum atomic E-state index is -0.421. The van der Waals surface area contributed by atoms with Crippen molar-refractivity contribution in [1.82, 2.24) is 20.4 Å². The van der Waals surface area contributed by atoms with Crippen LogP contribution in [0.25, 0.3) is 0 Å². The van der Waals surface area contributed by atoms with Gasteiger partial charge in [-0.3, -0.25) is 19.8 Å². The minimum absolute atomic E-state index is 0.0740. The van der Waals surface area contributed by atoms with E-state index in [1.807, 2.05) is 4.90 Å². The van der Waals surface area contributed by atoms with E-state index in [1.54, 1.807) is 25.9 Å². The van der Waals surface area contributed by atoms with Crippen molar-refractivity contribution < 1.29 is 14.4 Å². The number of hydrogen-bond acceptors (Lipinski definition) is 4. The third kappa shape index (κ3) is 5.70. The van der Waals surface area contributed by atoms with E-state index in [0.717, 1.165) is 45.1 Å². The van der Waals surface area contributed by atoms with Crippen LogP contribution >= 0.6 is 0 Å². The molecule has 1 saturated carbocycles. The quantitative estimate of drug-likeness (QED) is 0.800. The van der Waals surface area contributed by atoms with Crippen molar-refractivity contribution >= 4 is 17.8 Å². The van der Waals surface area contributed by atoms with Gasteiger partial charge >= 0.3 is 6.03 Å². The zero-order chi connectivity index (χ0) is 18.4. The van der Waals surface area contributed by atoms with Gasteiger partial charge in [0.15, 0.2) is 0 Å². The van der Waals surface area contributed by atoms with Crippen molar-refractivity contribution in [3.05, 3.63) is 0 Å². The molecule has 2 N–H and O–H groups in total. The van der Waals surface area contributed by atoms with Gasteiger partial charge in [0.05, 0.1) is 12.0 Å². The average Bonchev–Trinajstić information content (AvgIpc) is 2.61. The Kier molecular flexibility index (Phi) is 7.23. The molecule has 0 spiro atoms. The first-order valence-electron chi connectivity index (χ1n) is 9.45. The number of piperidine rings is 1. The van der Waals surface area contributed by atoms with Crippen LogP contribution < -0.4 is 10.6 Å². The van der Waals surface area contributed by atoms with Gasteiger partial charge in [-0.25, -0.2) is 4.79 Å². The van der Waals surface area contributed by atoms with Crippen molar-refractivity contribution in [3.8, 4) is 0 Å². The Bertz CT molecular complexity index is 489. The molecule has 0 radical (unpaired) electrons. The summed E-state index contributed by atoms with van der Waals surface area (Å²) in [5.74, 6) is -0.270. The van der Waals surface area contributed by atoms with E-state index in [1.165, 1.54) is 6.42 Å². The second-order valence-corrected chi connectivity index (χ2v) is 7.54. The maximum atomic E-state index is 12.4. The molecule has 1 aliphatic heterocycles. The second kappa shape index (κ2) is 9.17. The summed E-state index contributed by atoms with van der Waals surface area (Å²) in [7, 11) is 3.51. The van der Waals surface area contributed by atoms with Gasteiger partial charge in [-0.15, -0.1) is 0 Å². The van der Waals surface area contributed by atoms with Crippen molar-refractivity contribution in [3.63, 3.8) is 0 Å². The van der Waals surface area contributed by atoms with Gasteiger partial charge < -0.3 is 10.2 Å². The molecule has 0 aromatic carbocycles. The SMILES string of the molecule is CC(C(=O)NC(=O)NC1CCCCC1)N1CCCC(C(=O)N(C)C)C1. The summed E-state index contributed by atoms with van der Waals surface area (Å²) < 4.78 is 0. The molecule has 7 nitrogen and oxygen atoms in total. The number of imide groups is 1. The first-order valence-corrected chi connectivity index (χ1v) is 9.45. The van der Waals surface area contributed by atoms with Gasteiger partial charge in [-0.1, -0.05) is 19.3 Å². The van der Waals surface area contributed by atoms with Crippen LogP contribution in [0, 0.1) is 5.92 Å². The molecule has 25 heavy (non-hydrogen) atoms. The zero-order valence-corrected chi connectivity index (χ0v) is 15.7. The zero-order valence-electron chi connectivity index (χ0n) is 15.7. The number of nitrogens with one attached hydrogen (secondary N) is 2. The molecule has 2 aliphatic rings. The van der Waals surface area contributed by atoms with Crippen molar-refractivity contribution in [2.75, 3.05) is 27.2 Å². The lowest BCUT2D eigenvalue weighted by atomic mass is 9.95. The number of nitrogens with zero attached hydrogens (tertiary/aromatic N) is 2. The molecule has 7 heteroatoms. The van der Waals surface area contributed by atoms with E-state index in [0.29, 0.717) is 6.54 Å². The van der Waals surface area contributed by atoms with Crippen LogP contribution in [-0.2, 0) is 9.59 Å². The molecule has 0 aromatic rings. The van der Waals surface area contributed by atoms with Crippen LogP contribution in [0.3, 0.4) is 0 Å². The number of amides is 4. The Balaban J connectivity index is 1.81. The summed E-state index contributed by atoms with van der Waals surface area (Å²) >= 11 is 0. The maximum Gasteiger partial charge on any atom is 0.321 e. The van der Waals surface area contributed by atoms with Gasteiger partial charge in [0.25, 0.3) is 0 Å². The summed E-state index contributed by atoms with van der Waals surface area (Å²) in [6.45, 7) is 3.14. The number of rotatable bonds is 4. The van der Waals surface area contributed by atoms with Gasteiger partial charge in [0.1, 0.15) is 0 Å². The molecule has 2 rings (SSSR count). The van der Waals surface area contributed by atoms with Crippen molar-refractivity contribution in [2.24, 2.45) is 5.92 Å². The summed E-state index contributed by atoms with van der Waals surface area (Å²) in [6.07, 6.45) is 7.18. The standard InChI is InChI=1S/C18H32N4O3/c1-13(22-11-7-8-14(12-22)17(24)21(2)3)16(23)20-18(25)19-15-9-5-4-6-10-15/h13-15H,4-12H2,1-3H3,(H2,19,20,23,25). The molecule has 0 aromatic heterocycles. The Hall–Kier alpha value is -1.63. The van der Waals surface area contributed by atoms with Gasteiger partial charge in [0, 0.05) is 26.7 Å². The molecule has 2 atom stereocenters. The molecule has 4 amide bonds. The van der Waals surface area contributed by atoms with Gasteiger partial charge in [-0.05, 0) is 39.2 Å². The molecule has 2 fully saturated rings. The van der Waals surface area contributed by atoms with Gasteiger partial charge in [-0.2, -0.15) is 0 Å². The maximum absolute atomic E-state index is 12.4. The van der Waals surface area contributed by atoms with E-state index in [4.69, 9.17) is 0 Å². The predicted molar refractivity (Wildman–Crippen MR) is 96.0 cm³/mol. The van der Waals surface area contributed by atoms with Gasteiger partial charge in [0.2, 0.25) is 11.8 Å². The topological polar surface area (TPSA) is 81.8 Å². The highest BCUT2D eigenvalue weighted by Crippen LogP contribution is 2.20. The summed E-state index contributed by atoms with van der Waals surface area (Å²) in [6, 6.07) is -0.648. The Morgan fingerprint density at radius 2 is 1.72 bits per heavy atom. The number of carbonyl (C=O) groups excluding carboxylic acids is 3. The number of likely N-dealkylation sites (tertiary alicyclic amines) is 1. The highest BCUT2D eigenvalue weighted by molar-refractivity contribution is 5.96. The van der Waals surface area contributed by atoms with Crippen molar-refractivity contribution in [1.29, 1.82) is 0 Å². The third-order valence-corrected chi connectivity index (χ3v) is 5.35. The second-order valence-electron chi connectivity index (χ2n) is 7.54. The van der Waals surface area contributed by atoms with Crippen LogP contribution in [0.15, 0.2) is 0 Å². The lowest BCUT2D eigenvalue weighted by Gasteiger charge is -2.36. The fourth-order valence-electron chi connectivity index (χ4n) is 3.78. The third-order valence-electron chi connectivity index (χ3n) is 5.35. The van der Waals surface area contributed by atoms with E-state index in [2.05, 4.69) is 10.6 Å². The first-order chi connectivity index (χ1) is 11.9. The average molecular weight is 352 g/mol. The monoisotopic (exact) mass is 352 g/mol. The van der Waals surface area contributed by atoms with E-state index in [-0.39, 0.29) is 23.8 Å². The summed E-state index contributed by atoms with van der Waals surface area (Å²) in [4.78, 5) is 40.2. The minimum Gasteiger partial charge on any atom is -0.349 e. The lowest BCUT2D eigenvalue weighted by molar-refractivity contribution is -0.136. The Labute approximate surface area is 150 Å². The molecular formula is C18H32N4O3. The normalized spacial score (nSPS) is 23.6. The molecule has 1 aliphatic carbocycles. The van der Waals surface area contributed by atoms with Crippen LogP contribution in [0.1, 0.15) is 51.9 Å². The van der Waals surface area contributed by atoms with E-state index < -0.39 is 12.1 Å². The largest absolute Gasteiger partial charge is 0.349 e. The molecule has 142 valence electrons. The fourth-order valence-corrected chi connectivity index (χ4v) is 3.78. The molecular weight excluding hydrogens is 320 g/mol. The van der Waals surface area contributed by atoms with Crippen molar-refractivity contribution in [2.45, 2.75) is 64.0 Å². The molecule has 2 unspecified atom stereocenters. The molecule has 0 bridgehead atoms. The summed E-state index contributed by atoms with van der Waals surface area (Å²) in [5, 5.41) is 5.36. The Morgan fingerprint density at radius 1 is 1.04 bits per heavy atom. The fraction of sp³-hybridized carbons (Fsp3) is 0.833. The predicted octanol–water partition coefficient (Wildman–Crippen LogP) is 1.33. The van der Waals surface area contributed by atoms with Crippen LogP contribution in [0.5, 0.6) is 0 Å². The van der Waals surface area contributed by atoms with E-state index in [9.17, 15) is 14.4 Å². The molecule has 1 saturated heterocycles. The van der Waals surface area contributed by atoms with Crippen LogP contribution in [0.4, 0.5) is 4.79 Å². The molecule has 1 heterocycles. The smallest absolute Gasteiger partial charge is 0.321 e.